The second-order valence-corrected chi connectivity index (χ2v) is 5.17. The lowest BCUT2D eigenvalue weighted by Crippen LogP contribution is -1.82. The first-order valence-corrected chi connectivity index (χ1v) is 6.05. The van der Waals surface area contributed by atoms with Crippen molar-refractivity contribution in [1.29, 1.82) is 0 Å². The summed E-state index contributed by atoms with van der Waals surface area (Å²) < 4.78 is 6.28. The van der Waals surface area contributed by atoms with Gasteiger partial charge in [-0.15, -0.1) is 11.3 Å². The van der Waals surface area contributed by atoms with Gasteiger partial charge in [-0.25, -0.2) is 0 Å². The Hall–Kier alpha value is -1.88. The number of aromatic nitrogens is 2. The van der Waals surface area contributed by atoms with Crippen LogP contribution in [-0.4, -0.2) is 10.1 Å². The van der Waals surface area contributed by atoms with Gasteiger partial charge in [-0.05, 0) is 26.0 Å². The molecule has 4 nitrogen and oxygen atoms in total. The molecule has 5 heteroatoms. The predicted molar refractivity (Wildman–Crippen MR) is 69.0 cm³/mol. The molecule has 0 saturated carbocycles. The zero-order chi connectivity index (χ0) is 12.0. The lowest BCUT2D eigenvalue weighted by molar-refractivity contribution is 0.460. The minimum absolute atomic E-state index is 0.683. The number of pyridine rings is 1. The molecule has 0 radical (unpaired) electrons. The highest BCUT2D eigenvalue weighted by Crippen LogP contribution is 2.38. The maximum absolute atomic E-state index is 5.91. The minimum atomic E-state index is 0.683. The quantitative estimate of drug-likeness (QED) is 0.715. The summed E-state index contributed by atoms with van der Waals surface area (Å²) >= 11 is 1.60. The van der Waals surface area contributed by atoms with Crippen molar-refractivity contribution < 1.29 is 4.52 Å². The summed E-state index contributed by atoms with van der Waals surface area (Å²) in [5, 5.41) is 4.07. The van der Waals surface area contributed by atoms with Gasteiger partial charge in [0.2, 0.25) is 5.58 Å². The molecule has 0 spiro atoms. The van der Waals surface area contributed by atoms with Crippen molar-refractivity contribution in [2.45, 2.75) is 13.8 Å². The predicted octanol–water partition coefficient (Wildman–Crippen LogP) is 3.15. The molecule has 0 aliphatic rings. The van der Waals surface area contributed by atoms with Gasteiger partial charge in [-0.3, -0.25) is 4.98 Å². The number of aryl methyl sites for hydroxylation is 2. The van der Waals surface area contributed by atoms with E-state index in [1.807, 2.05) is 26.0 Å². The molecule has 3 heterocycles. The molecule has 0 atom stereocenters. The molecule has 0 fully saturated rings. The van der Waals surface area contributed by atoms with Gasteiger partial charge in [-0.2, -0.15) is 0 Å². The molecule has 86 valence electrons. The summed E-state index contributed by atoms with van der Waals surface area (Å²) in [5.41, 5.74) is 10.0. The third kappa shape index (κ3) is 1.51. The molecule has 3 aromatic rings. The number of anilines is 1. The fourth-order valence-electron chi connectivity index (χ4n) is 1.71. The largest absolute Gasteiger partial charge is 0.395 e. The number of rotatable bonds is 1. The Labute approximate surface area is 102 Å². The van der Waals surface area contributed by atoms with Gasteiger partial charge in [0.05, 0.1) is 5.69 Å². The number of fused-ring (bicyclic) bond motifs is 1. The fourth-order valence-corrected chi connectivity index (χ4v) is 2.71. The van der Waals surface area contributed by atoms with Crippen molar-refractivity contribution in [2.24, 2.45) is 0 Å². The van der Waals surface area contributed by atoms with Crippen molar-refractivity contribution >= 4 is 27.3 Å². The number of nitrogens with zero attached hydrogens (tertiary/aromatic N) is 2. The zero-order valence-electron chi connectivity index (χ0n) is 9.52. The van der Waals surface area contributed by atoms with Gasteiger partial charge in [0.1, 0.15) is 10.4 Å². The highest BCUT2D eigenvalue weighted by Gasteiger charge is 2.17. The Balaban J connectivity index is 2.24. The Morgan fingerprint density at radius 3 is 2.82 bits per heavy atom. The van der Waals surface area contributed by atoms with Crippen molar-refractivity contribution in [3.05, 3.63) is 28.9 Å². The van der Waals surface area contributed by atoms with Crippen LogP contribution in [0.4, 0.5) is 5.69 Å². The molecular weight excluding hydrogens is 234 g/mol. The molecule has 3 rings (SSSR count). The molecule has 0 amide bonds. The van der Waals surface area contributed by atoms with Gasteiger partial charge < -0.3 is 10.3 Å². The Morgan fingerprint density at radius 2 is 2.12 bits per heavy atom. The number of nitrogens with two attached hydrogens (primary N) is 1. The normalized spacial score (nSPS) is 11.2. The van der Waals surface area contributed by atoms with E-state index in [9.17, 15) is 0 Å². The van der Waals surface area contributed by atoms with Crippen LogP contribution in [0.25, 0.3) is 21.5 Å². The molecule has 0 aliphatic heterocycles. The van der Waals surface area contributed by atoms with Crippen LogP contribution >= 0.6 is 11.3 Å². The number of hydrogen-bond acceptors (Lipinski definition) is 5. The topological polar surface area (TPSA) is 64.9 Å². The molecule has 0 unspecified atom stereocenters. The second-order valence-electron chi connectivity index (χ2n) is 3.95. The lowest BCUT2D eigenvalue weighted by atomic mass is 10.2. The van der Waals surface area contributed by atoms with Crippen molar-refractivity contribution in [3.8, 4) is 11.3 Å². The zero-order valence-corrected chi connectivity index (χ0v) is 10.3. The maximum atomic E-state index is 5.91. The SMILES string of the molecule is Cc1ccc(-c2noc3c(N)c(C)sc23)cn1. The third-order valence-electron chi connectivity index (χ3n) is 2.71. The van der Waals surface area contributed by atoms with Gasteiger partial charge in [0.15, 0.2) is 0 Å². The minimum Gasteiger partial charge on any atom is -0.395 e. The van der Waals surface area contributed by atoms with Gasteiger partial charge in [0.25, 0.3) is 0 Å². The van der Waals surface area contributed by atoms with E-state index in [4.69, 9.17) is 10.3 Å². The van der Waals surface area contributed by atoms with E-state index < -0.39 is 0 Å². The van der Waals surface area contributed by atoms with Crippen LogP contribution in [0.2, 0.25) is 0 Å². The molecule has 0 aromatic carbocycles. The summed E-state index contributed by atoms with van der Waals surface area (Å²) in [5.74, 6) is 0. The van der Waals surface area contributed by atoms with E-state index in [0.29, 0.717) is 11.3 Å². The van der Waals surface area contributed by atoms with Crippen LogP contribution in [0.15, 0.2) is 22.9 Å². The number of hydrogen-bond donors (Lipinski definition) is 1. The highest BCUT2D eigenvalue weighted by molar-refractivity contribution is 7.20. The summed E-state index contributed by atoms with van der Waals surface area (Å²) in [6.07, 6.45) is 1.80. The number of thiophene rings is 1. The smallest absolute Gasteiger partial charge is 0.201 e. The van der Waals surface area contributed by atoms with E-state index in [0.717, 1.165) is 26.5 Å². The Bertz CT molecular complexity index is 682. The van der Waals surface area contributed by atoms with Gasteiger partial charge in [0, 0.05) is 22.3 Å². The van der Waals surface area contributed by atoms with Crippen LogP contribution in [-0.2, 0) is 0 Å². The maximum Gasteiger partial charge on any atom is 0.201 e. The monoisotopic (exact) mass is 245 g/mol. The van der Waals surface area contributed by atoms with E-state index >= 15 is 0 Å². The molecule has 0 bridgehead atoms. The summed E-state index contributed by atoms with van der Waals surface area (Å²) in [6.45, 7) is 3.93. The second kappa shape index (κ2) is 3.56. The van der Waals surface area contributed by atoms with Crippen molar-refractivity contribution in [1.82, 2.24) is 10.1 Å². The van der Waals surface area contributed by atoms with Crippen LogP contribution in [0.3, 0.4) is 0 Å². The highest BCUT2D eigenvalue weighted by atomic mass is 32.1. The molecule has 0 aliphatic carbocycles. The first-order chi connectivity index (χ1) is 8.16. The van der Waals surface area contributed by atoms with Crippen molar-refractivity contribution in [3.63, 3.8) is 0 Å². The molecule has 3 aromatic heterocycles. The first-order valence-electron chi connectivity index (χ1n) is 5.24. The lowest BCUT2D eigenvalue weighted by Gasteiger charge is -1.95. The summed E-state index contributed by atoms with van der Waals surface area (Å²) in [6, 6.07) is 3.95. The van der Waals surface area contributed by atoms with Gasteiger partial charge >= 0.3 is 0 Å². The summed E-state index contributed by atoms with van der Waals surface area (Å²) in [4.78, 5) is 5.32. The van der Waals surface area contributed by atoms with Gasteiger partial charge in [-0.1, -0.05) is 5.16 Å². The van der Waals surface area contributed by atoms with E-state index in [1.165, 1.54) is 0 Å². The Morgan fingerprint density at radius 1 is 1.29 bits per heavy atom. The molecular formula is C12H11N3OS. The Kier molecular flexibility index (Phi) is 2.16. The fraction of sp³-hybridized carbons (Fsp3) is 0.167. The van der Waals surface area contributed by atoms with E-state index in [1.54, 1.807) is 17.5 Å². The third-order valence-corrected chi connectivity index (χ3v) is 3.82. The van der Waals surface area contributed by atoms with E-state index in [2.05, 4.69) is 10.1 Å². The van der Waals surface area contributed by atoms with Crippen molar-refractivity contribution in [2.75, 3.05) is 5.73 Å². The standard InChI is InChI=1S/C12H11N3OS/c1-6-3-4-8(5-14-6)10-12-11(16-15-10)9(13)7(2)17-12/h3-5H,13H2,1-2H3. The van der Waals surface area contributed by atoms with Crippen LogP contribution in [0.5, 0.6) is 0 Å². The average Bonchev–Trinajstić information content (AvgIpc) is 2.83. The first kappa shape index (κ1) is 10.3. The summed E-state index contributed by atoms with van der Waals surface area (Å²) in [7, 11) is 0. The molecule has 2 N–H and O–H groups in total. The molecule has 17 heavy (non-hydrogen) atoms. The molecule has 0 saturated heterocycles. The van der Waals surface area contributed by atoms with Crippen LogP contribution in [0, 0.1) is 13.8 Å². The van der Waals surface area contributed by atoms with E-state index in [-0.39, 0.29) is 0 Å². The van der Waals surface area contributed by atoms with Crippen LogP contribution < -0.4 is 5.73 Å². The van der Waals surface area contributed by atoms with Crippen LogP contribution in [0.1, 0.15) is 10.6 Å². The number of nitrogen functional groups attached to an aromatic ring is 1. The average molecular weight is 245 g/mol.